The van der Waals surface area contributed by atoms with E-state index in [-0.39, 0.29) is 30.1 Å². The highest BCUT2D eigenvalue weighted by atomic mass is 127. The maximum atomic E-state index is 6.07. The number of hydrogen-bond donors (Lipinski definition) is 1. The van der Waals surface area contributed by atoms with Crippen LogP contribution in [0, 0.1) is 0 Å². The number of para-hydroxylation sites is 1. The summed E-state index contributed by atoms with van der Waals surface area (Å²) in [6.07, 6.45) is 2.23. The van der Waals surface area contributed by atoms with Crippen molar-refractivity contribution in [2.75, 3.05) is 40.4 Å². The summed E-state index contributed by atoms with van der Waals surface area (Å²) in [4.78, 5) is 6.68. The van der Waals surface area contributed by atoms with E-state index in [1.807, 2.05) is 61.6 Å². The van der Waals surface area contributed by atoms with Crippen molar-refractivity contribution in [1.82, 2.24) is 10.2 Å². The molecule has 1 aliphatic rings. The maximum absolute atomic E-state index is 6.07. The van der Waals surface area contributed by atoms with Crippen molar-refractivity contribution < 1.29 is 14.2 Å². The summed E-state index contributed by atoms with van der Waals surface area (Å²) in [5, 5.41) is 3.38. The molecule has 0 amide bonds. The zero-order valence-corrected chi connectivity index (χ0v) is 19.4. The van der Waals surface area contributed by atoms with Gasteiger partial charge in [0.1, 0.15) is 30.0 Å². The molecule has 1 aliphatic heterocycles. The van der Waals surface area contributed by atoms with Gasteiger partial charge in [-0.25, -0.2) is 0 Å². The minimum atomic E-state index is 0. The van der Waals surface area contributed by atoms with E-state index in [1.54, 1.807) is 7.11 Å². The first kappa shape index (κ1) is 23.1. The molecule has 1 heterocycles. The third-order valence-corrected chi connectivity index (χ3v) is 4.71. The molecule has 3 rings (SSSR count). The molecule has 0 saturated carbocycles. The number of halogens is 1. The molecule has 0 radical (unpaired) electrons. The number of piperidine rings is 1. The van der Waals surface area contributed by atoms with Crippen LogP contribution in [0.2, 0.25) is 0 Å². The van der Waals surface area contributed by atoms with Crippen LogP contribution in [0.4, 0.5) is 0 Å². The van der Waals surface area contributed by atoms with E-state index in [0.29, 0.717) is 13.2 Å². The van der Waals surface area contributed by atoms with Crippen molar-refractivity contribution in [3.8, 4) is 17.2 Å². The largest absolute Gasteiger partial charge is 0.497 e. The number of nitrogens with zero attached hydrogens (tertiary/aromatic N) is 2. The molecule has 7 heteroatoms. The molecule has 2 aromatic carbocycles. The zero-order chi connectivity index (χ0) is 19.6. The molecule has 0 bridgehead atoms. The van der Waals surface area contributed by atoms with Gasteiger partial charge in [0.2, 0.25) is 0 Å². The van der Waals surface area contributed by atoms with E-state index < -0.39 is 0 Å². The Bertz CT molecular complexity index is 733. The van der Waals surface area contributed by atoms with Gasteiger partial charge in [-0.2, -0.15) is 0 Å². The van der Waals surface area contributed by atoms with Crippen LogP contribution in [0.25, 0.3) is 0 Å². The number of hydrogen-bond acceptors (Lipinski definition) is 4. The molecular formula is C22H30IN3O3. The summed E-state index contributed by atoms with van der Waals surface area (Å²) < 4.78 is 17.0. The molecule has 1 N–H and O–H groups in total. The quantitative estimate of drug-likeness (QED) is 0.265. The smallest absolute Gasteiger partial charge is 0.193 e. The lowest BCUT2D eigenvalue weighted by molar-refractivity contribution is 0.129. The topological polar surface area (TPSA) is 55.3 Å². The number of aliphatic imine (C=N–C) groups is 1. The van der Waals surface area contributed by atoms with Crippen LogP contribution >= 0.6 is 24.0 Å². The summed E-state index contributed by atoms with van der Waals surface area (Å²) in [5.41, 5.74) is 0. The van der Waals surface area contributed by atoms with E-state index in [4.69, 9.17) is 14.2 Å². The van der Waals surface area contributed by atoms with Gasteiger partial charge in [-0.1, -0.05) is 18.2 Å². The Kier molecular flexibility index (Phi) is 9.90. The lowest BCUT2D eigenvalue weighted by Crippen LogP contribution is -2.48. The Morgan fingerprint density at radius 3 is 2.28 bits per heavy atom. The second-order valence-electron chi connectivity index (χ2n) is 6.62. The Balaban J connectivity index is 0.00000300. The van der Waals surface area contributed by atoms with Crippen LogP contribution in [0.15, 0.2) is 59.6 Å². The van der Waals surface area contributed by atoms with Crippen LogP contribution in [0.5, 0.6) is 17.2 Å². The second kappa shape index (κ2) is 12.4. The van der Waals surface area contributed by atoms with E-state index >= 15 is 0 Å². The van der Waals surface area contributed by atoms with Gasteiger partial charge in [0.05, 0.1) is 13.7 Å². The van der Waals surface area contributed by atoms with E-state index in [0.717, 1.165) is 49.1 Å². The van der Waals surface area contributed by atoms with Crippen LogP contribution in [-0.2, 0) is 0 Å². The molecular weight excluding hydrogens is 481 g/mol. The summed E-state index contributed by atoms with van der Waals surface area (Å²) in [6.45, 7) is 3.12. The first-order valence-electron chi connectivity index (χ1n) is 9.72. The zero-order valence-electron chi connectivity index (χ0n) is 17.0. The second-order valence-corrected chi connectivity index (χ2v) is 6.62. The molecule has 0 unspecified atom stereocenters. The molecule has 2 aromatic rings. The van der Waals surface area contributed by atoms with Crippen molar-refractivity contribution in [2.24, 2.45) is 4.99 Å². The molecule has 158 valence electrons. The highest BCUT2D eigenvalue weighted by Gasteiger charge is 2.22. The van der Waals surface area contributed by atoms with Crippen LogP contribution in [0.3, 0.4) is 0 Å². The van der Waals surface area contributed by atoms with Gasteiger partial charge in [-0.15, -0.1) is 24.0 Å². The fourth-order valence-electron chi connectivity index (χ4n) is 3.21. The lowest BCUT2D eigenvalue weighted by atomic mass is 10.1. The Labute approximate surface area is 190 Å². The standard InChI is InChI=1S/C22H29N3O3.HI/c1-23-22(24-14-17-27-19-10-8-18(26-2)9-11-19)25-15-12-21(13-16-25)28-20-6-4-3-5-7-20;/h3-11,21H,12-17H2,1-2H3,(H,23,24);1H. The van der Waals surface area contributed by atoms with Crippen molar-refractivity contribution >= 4 is 29.9 Å². The molecule has 0 spiro atoms. The third kappa shape index (κ3) is 7.30. The number of nitrogens with one attached hydrogen (secondary N) is 1. The first-order valence-corrected chi connectivity index (χ1v) is 9.72. The molecule has 0 aromatic heterocycles. The van der Waals surface area contributed by atoms with E-state index in [1.165, 1.54) is 0 Å². The van der Waals surface area contributed by atoms with E-state index in [2.05, 4.69) is 15.2 Å². The van der Waals surface area contributed by atoms with Crippen molar-refractivity contribution in [2.45, 2.75) is 18.9 Å². The SMILES string of the molecule is CN=C(NCCOc1ccc(OC)cc1)N1CCC(Oc2ccccc2)CC1.I. The van der Waals surface area contributed by atoms with Gasteiger partial charge in [0, 0.05) is 33.0 Å². The van der Waals surface area contributed by atoms with Gasteiger partial charge < -0.3 is 24.4 Å². The average Bonchev–Trinajstić information content (AvgIpc) is 2.76. The van der Waals surface area contributed by atoms with Gasteiger partial charge >= 0.3 is 0 Å². The summed E-state index contributed by atoms with van der Waals surface area (Å²) in [6, 6.07) is 17.6. The number of methoxy groups -OCH3 is 1. The van der Waals surface area contributed by atoms with Crippen LogP contribution in [-0.4, -0.2) is 57.4 Å². The molecule has 6 nitrogen and oxygen atoms in total. The molecule has 1 fully saturated rings. The number of rotatable bonds is 7. The highest BCUT2D eigenvalue weighted by Crippen LogP contribution is 2.19. The number of benzene rings is 2. The number of guanidine groups is 1. The molecule has 29 heavy (non-hydrogen) atoms. The average molecular weight is 511 g/mol. The maximum Gasteiger partial charge on any atom is 0.193 e. The normalized spacial score (nSPS) is 14.7. The Morgan fingerprint density at radius 1 is 1.00 bits per heavy atom. The number of ether oxygens (including phenoxy) is 3. The fraction of sp³-hybridized carbons (Fsp3) is 0.409. The Morgan fingerprint density at radius 2 is 1.66 bits per heavy atom. The van der Waals surface area contributed by atoms with Gasteiger partial charge in [0.15, 0.2) is 5.96 Å². The van der Waals surface area contributed by atoms with Crippen LogP contribution < -0.4 is 19.5 Å². The highest BCUT2D eigenvalue weighted by molar-refractivity contribution is 14.0. The monoisotopic (exact) mass is 511 g/mol. The van der Waals surface area contributed by atoms with Gasteiger partial charge in [-0.3, -0.25) is 4.99 Å². The predicted octanol–water partition coefficient (Wildman–Crippen LogP) is 3.81. The number of likely N-dealkylation sites (tertiary alicyclic amines) is 1. The summed E-state index contributed by atoms with van der Waals surface area (Å²) in [7, 11) is 3.47. The van der Waals surface area contributed by atoms with E-state index in [9.17, 15) is 0 Å². The van der Waals surface area contributed by atoms with Gasteiger partial charge in [0.25, 0.3) is 0 Å². The lowest BCUT2D eigenvalue weighted by Gasteiger charge is -2.34. The molecule has 0 aliphatic carbocycles. The minimum absolute atomic E-state index is 0. The van der Waals surface area contributed by atoms with Crippen molar-refractivity contribution in [3.63, 3.8) is 0 Å². The Hall–Kier alpha value is -2.16. The van der Waals surface area contributed by atoms with Crippen molar-refractivity contribution in [3.05, 3.63) is 54.6 Å². The van der Waals surface area contributed by atoms with Crippen LogP contribution in [0.1, 0.15) is 12.8 Å². The van der Waals surface area contributed by atoms with Crippen molar-refractivity contribution in [1.29, 1.82) is 0 Å². The molecule has 1 saturated heterocycles. The predicted molar refractivity (Wildman–Crippen MR) is 127 cm³/mol. The van der Waals surface area contributed by atoms with Gasteiger partial charge in [-0.05, 0) is 36.4 Å². The summed E-state index contributed by atoms with van der Waals surface area (Å²) >= 11 is 0. The first-order chi connectivity index (χ1) is 13.8. The minimum Gasteiger partial charge on any atom is -0.497 e. The summed E-state index contributed by atoms with van der Waals surface area (Å²) in [5.74, 6) is 3.51. The third-order valence-electron chi connectivity index (χ3n) is 4.71. The molecule has 0 atom stereocenters. The fourth-order valence-corrected chi connectivity index (χ4v) is 3.21.